The number of aromatic nitrogens is 4. The van der Waals surface area contributed by atoms with E-state index >= 15 is 0 Å². The van der Waals surface area contributed by atoms with Crippen molar-refractivity contribution in [3.8, 4) is 0 Å². The topological polar surface area (TPSA) is 370 Å². The molecule has 472 valence electrons. The zero-order valence-electron chi connectivity index (χ0n) is 51.2. The number of nitrogens with zero attached hydrogens (tertiary/aromatic N) is 5. The van der Waals surface area contributed by atoms with Crippen molar-refractivity contribution in [3.63, 3.8) is 0 Å². The third-order valence-electron chi connectivity index (χ3n) is 15.5. The minimum Gasteiger partial charge on any atom is -0.748 e. The minimum atomic E-state index is -4.45. The number of allylic oxidation sites excluding steroid dienone is 6. The molecule has 0 saturated carbocycles. The summed E-state index contributed by atoms with van der Waals surface area (Å²) in [4.78, 5) is 79.9. The number of fused-ring (bicyclic) bond motifs is 5. The molecule has 28 heteroatoms. The molecule has 9 N–H and O–H groups in total. The van der Waals surface area contributed by atoms with Gasteiger partial charge in [0.15, 0.2) is 16.9 Å². The maximum Gasteiger partial charge on any atom is 1.00 e. The first kappa shape index (κ1) is 70.4. The molecule has 4 heterocycles. The van der Waals surface area contributed by atoms with Crippen LogP contribution in [0.3, 0.4) is 0 Å². The largest absolute Gasteiger partial charge is 1.00 e. The molecule has 8 rings (SSSR count). The van der Waals surface area contributed by atoms with Crippen molar-refractivity contribution in [2.75, 3.05) is 74.3 Å². The number of anilines is 3. The molecular weight excluding hydrogens is 1230 g/mol. The third kappa shape index (κ3) is 17.3. The van der Waals surface area contributed by atoms with E-state index < -0.39 is 66.2 Å². The predicted molar refractivity (Wildman–Crippen MR) is 335 cm³/mol. The van der Waals surface area contributed by atoms with Gasteiger partial charge < -0.3 is 51.0 Å². The maximum atomic E-state index is 13.5. The van der Waals surface area contributed by atoms with Gasteiger partial charge in [-0.2, -0.15) is 18.0 Å². The van der Waals surface area contributed by atoms with Gasteiger partial charge in [-0.05, 0) is 123 Å². The van der Waals surface area contributed by atoms with Gasteiger partial charge in [0.05, 0.1) is 65.3 Å². The number of benzene rings is 4. The molecule has 2 aliphatic rings. The Bertz CT molecular complexity index is 4130. The van der Waals surface area contributed by atoms with E-state index in [1.165, 1.54) is 24.4 Å². The number of unbranched alkanes of at least 4 members (excludes halogenated alkanes) is 1. The number of rotatable bonds is 29. The van der Waals surface area contributed by atoms with Crippen molar-refractivity contribution in [1.29, 1.82) is 0 Å². The van der Waals surface area contributed by atoms with Crippen LogP contribution in [0.25, 0.3) is 21.9 Å². The first-order chi connectivity index (χ1) is 42.2. The number of amides is 3. The van der Waals surface area contributed by atoms with Crippen LogP contribution in [0, 0.1) is 6.92 Å². The van der Waals surface area contributed by atoms with Crippen LogP contribution in [0.2, 0.25) is 0 Å². The molecule has 0 saturated heterocycles. The van der Waals surface area contributed by atoms with Crippen molar-refractivity contribution in [2.24, 2.45) is 0 Å². The molecule has 0 fully saturated rings. The number of aromatic amines is 1. The Morgan fingerprint density at radius 3 is 2.23 bits per heavy atom. The number of carbonyl (C=O) groups is 4. The number of nitrogens with one attached hydrogen (secondary N) is 5. The number of aryl methyl sites for hydroxylation is 1. The van der Waals surface area contributed by atoms with Crippen LogP contribution in [0.15, 0.2) is 119 Å². The number of carboxylic acids is 1. The first-order valence-corrected chi connectivity index (χ1v) is 31.9. The number of nitrogen functional groups attached to an aromatic ring is 1. The molecule has 4 aromatic carbocycles. The molecule has 1 atom stereocenters. The fraction of sp³-hybridized carbons (Fsp3) is 0.371. The summed E-state index contributed by atoms with van der Waals surface area (Å²) in [5.74, 6) is -3.26. The molecule has 0 radical (unpaired) electrons. The third-order valence-corrected chi connectivity index (χ3v) is 17.1. The molecule has 0 bridgehead atoms. The average Bonchev–Trinajstić information content (AvgIpc) is 1.55. The zero-order valence-corrected chi connectivity index (χ0v) is 56.0. The number of nitrogens with two attached hydrogens (primary N) is 1. The molecule has 25 nitrogen and oxygen atoms in total. The summed E-state index contributed by atoms with van der Waals surface area (Å²) in [6.07, 6.45) is 11.5. The van der Waals surface area contributed by atoms with E-state index in [9.17, 15) is 55.0 Å². The summed E-state index contributed by atoms with van der Waals surface area (Å²) in [5, 5.41) is 22.5. The van der Waals surface area contributed by atoms with Crippen molar-refractivity contribution in [3.05, 3.63) is 153 Å². The fourth-order valence-electron chi connectivity index (χ4n) is 11.1. The summed E-state index contributed by atoms with van der Waals surface area (Å²) < 4.78 is 82.2. The molecule has 6 aromatic rings. The van der Waals surface area contributed by atoms with Crippen LogP contribution < -0.4 is 88.8 Å². The molecule has 0 spiro atoms. The van der Waals surface area contributed by atoms with E-state index in [1.807, 2.05) is 82.3 Å². The van der Waals surface area contributed by atoms with Gasteiger partial charge >= 0.3 is 57.4 Å². The van der Waals surface area contributed by atoms with E-state index in [0.29, 0.717) is 36.5 Å². The van der Waals surface area contributed by atoms with Crippen molar-refractivity contribution in [1.82, 2.24) is 35.9 Å². The molecule has 2 aromatic heterocycles. The van der Waals surface area contributed by atoms with Gasteiger partial charge in [0.1, 0.15) is 12.6 Å². The quantitative estimate of drug-likeness (QED) is 0.0110. The van der Waals surface area contributed by atoms with Gasteiger partial charge in [-0.3, -0.25) is 28.7 Å². The van der Waals surface area contributed by atoms with Crippen LogP contribution in [0.1, 0.15) is 103 Å². The monoisotopic (exact) mass is 1300 g/mol. The van der Waals surface area contributed by atoms with Gasteiger partial charge in [0, 0.05) is 89.5 Å². The Morgan fingerprint density at radius 2 is 1.56 bits per heavy atom. The van der Waals surface area contributed by atoms with Crippen LogP contribution >= 0.6 is 0 Å². The van der Waals surface area contributed by atoms with Gasteiger partial charge in [0.25, 0.3) is 27.5 Å². The van der Waals surface area contributed by atoms with Crippen molar-refractivity contribution < 1.29 is 116 Å². The van der Waals surface area contributed by atoms with Crippen molar-refractivity contribution in [2.45, 2.75) is 95.5 Å². The number of likely N-dealkylation sites (N-methyl/N-ethyl adjacent to an activating group) is 1. The normalized spacial score (nSPS) is 15.1. The molecular formula is C62H73KN11O14S2+. The molecule has 0 unspecified atom stereocenters. The van der Waals surface area contributed by atoms with E-state index in [4.69, 9.17) is 15.2 Å². The Labute approximate surface area is 564 Å². The van der Waals surface area contributed by atoms with E-state index in [-0.39, 0.29) is 150 Å². The standard InChI is InChI=1S/C62H73N11O14S2.K/c1-7-72-49-23-20-44-38(2)33-43(89(83,84)85)35-45(44)53(49)62(5,6)51(72)14-10-8-9-13-50-61(3,4)46-34-40(17-22-48(46)73(50)27-11-12-32-88(80,81)82)56(75)65-26-29-87-31-30-86-28-25-64-52(74)24-21-47(59(78)79)69-57(76)39-15-18-41(19-16-39)66-36-42-37-67-55-54(68-42)58(77)71-60(63)70-55;/h8-10,13-20,22-23,33-35,37,47H,7,11-12,21,24-32,36H2,1-6H3,(H9-,63,64,65,66,67,69,70,71,74,75,76,77,78,79,80,81,82,83,84,85);/q;+1/t47-;/m1./s1. The fourth-order valence-corrected chi connectivity index (χ4v) is 12.2. The number of carboxylic acid groups (broad SMARTS) is 1. The molecule has 90 heavy (non-hydrogen) atoms. The minimum absolute atomic E-state index is 0. The second-order valence-corrected chi connectivity index (χ2v) is 25.4. The second kappa shape index (κ2) is 30.4. The Balaban J connectivity index is 0.0000115. The smallest absolute Gasteiger partial charge is 0.748 e. The van der Waals surface area contributed by atoms with Gasteiger partial charge in [-0.25, -0.2) is 23.2 Å². The molecule has 0 aliphatic carbocycles. The van der Waals surface area contributed by atoms with E-state index in [0.717, 1.165) is 50.2 Å². The summed E-state index contributed by atoms with van der Waals surface area (Å²) in [6, 6.07) is 17.4. The summed E-state index contributed by atoms with van der Waals surface area (Å²) >= 11 is 0. The number of hydrogen-bond acceptors (Lipinski definition) is 18. The Hall–Kier alpha value is -7.09. The summed E-state index contributed by atoms with van der Waals surface area (Å²) in [7, 11) is -8.85. The average molecular weight is 1300 g/mol. The SMILES string of the molecule is CCN1/C(=C/C=C/C=C/C2=[N+](CCCCS(=O)(=O)[O-])c3ccc(C(=O)NCCOCCOCCNC(=O)CC[C@@H](NC(=O)c4ccc(NCc5cnc6nc(N)[nH]c(=O)c6n5)cc4)C(=O)O)cc3C2(C)C)C(C)(C)c2c1ccc1c(C)cc(S(=O)(=O)O)cc21.[K+]. The number of aliphatic carboxylic acids is 1. The number of ether oxygens (including phenoxy) is 2. The van der Waals surface area contributed by atoms with Crippen LogP contribution in [0.4, 0.5) is 23.0 Å². The molecule has 2 aliphatic heterocycles. The maximum absolute atomic E-state index is 13.5. The number of carbonyl (C=O) groups excluding carboxylic acids is 3. The van der Waals surface area contributed by atoms with E-state index in [1.54, 1.807) is 24.3 Å². The van der Waals surface area contributed by atoms with Gasteiger partial charge in [-0.15, -0.1) is 0 Å². The van der Waals surface area contributed by atoms with Gasteiger partial charge in [-0.1, -0.05) is 38.1 Å². The van der Waals surface area contributed by atoms with Crippen LogP contribution in [0.5, 0.6) is 0 Å². The van der Waals surface area contributed by atoms with Gasteiger partial charge in [0.2, 0.25) is 17.5 Å². The van der Waals surface area contributed by atoms with Crippen LogP contribution in [-0.2, 0) is 56.7 Å². The number of hydrogen-bond donors (Lipinski definition) is 8. The Morgan fingerprint density at radius 1 is 0.856 bits per heavy atom. The summed E-state index contributed by atoms with van der Waals surface area (Å²) in [5.41, 5.74) is 11.9. The van der Waals surface area contributed by atoms with Crippen LogP contribution in [-0.4, -0.2) is 149 Å². The second-order valence-electron chi connectivity index (χ2n) is 22.4. The first-order valence-electron chi connectivity index (χ1n) is 28.9. The number of H-pyrrole nitrogens is 1. The predicted octanol–water partition coefficient (Wildman–Crippen LogP) is 2.68. The van der Waals surface area contributed by atoms with Crippen molar-refractivity contribution >= 4 is 94.6 Å². The zero-order chi connectivity index (χ0) is 64.4. The summed E-state index contributed by atoms with van der Waals surface area (Å²) in [6.45, 7) is 14.5. The van der Waals surface area contributed by atoms with E-state index in [2.05, 4.69) is 64.5 Å². The molecule has 3 amide bonds. The Kier molecular flexibility index (Phi) is 23.7.